The first-order valence-electron chi connectivity index (χ1n) is 6.50. The molecule has 1 saturated heterocycles. The number of H-pyrrole nitrogens is 1. The normalized spacial score (nSPS) is 27.5. The van der Waals surface area contributed by atoms with Crippen molar-refractivity contribution in [2.75, 3.05) is 13.1 Å². The maximum atomic E-state index is 9.07. The number of aromatic amines is 1. The number of aliphatic hydroxyl groups is 1. The van der Waals surface area contributed by atoms with Gasteiger partial charge in [-0.1, -0.05) is 13.0 Å². The van der Waals surface area contributed by atoms with Crippen molar-refractivity contribution in [1.82, 2.24) is 9.88 Å². The predicted octanol–water partition coefficient (Wildman–Crippen LogP) is 2.21. The van der Waals surface area contributed by atoms with E-state index >= 15 is 0 Å². The zero-order valence-electron chi connectivity index (χ0n) is 10.2. The number of fused-ring (bicyclic) bond motifs is 1. The first-order valence-corrected chi connectivity index (χ1v) is 6.50. The molecule has 0 amide bonds. The standard InChI is InChI=1S/C14H20N2O/c1-10(14-5-11(9-17)6-15-14)16-7-12-3-2-4-13(12)8-16/h5-6,12-13,15,17H,1-4,7-9H2. The maximum Gasteiger partial charge on any atom is 0.0696 e. The second-order valence-corrected chi connectivity index (χ2v) is 5.38. The van der Waals surface area contributed by atoms with Crippen LogP contribution in [0, 0.1) is 11.8 Å². The average molecular weight is 232 g/mol. The van der Waals surface area contributed by atoms with Gasteiger partial charge in [-0.05, 0) is 36.3 Å². The SMILES string of the molecule is C=C(c1cc(CO)c[nH]1)N1CC2CCCC2C1. The topological polar surface area (TPSA) is 39.3 Å². The van der Waals surface area contributed by atoms with Gasteiger partial charge in [-0.3, -0.25) is 0 Å². The van der Waals surface area contributed by atoms with E-state index in [2.05, 4.69) is 16.5 Å². The number of aliphatic hydroxyl groups excluding tert-OH is 1. The lowest BCUT2D eigenvalue weighted by molar-refractivity contribution is 0.282. The summed E-state index contributed by atoms with van der Waals surface area (Å²) in [5.74, 6) is 1.78. The fourth-order valence-electron chi connectivity index (χ4n) is 3.32. The summed E-state index contributed by atoms with van der Waals surface area (Å²) in [5.41, 5.74) is 3.06. The van der Waals surface area contributed by atoms with Crippen LogP contribution in [-0.2, 0) is 6.61 Å². The molecule has 2 atom stereocenters. The van der Waals surface area contributed by atoms with E-state index in [4.69, 9.17) is 5.11 Å². The highest BCUT2D eigenvalue weighted by molar-refractivity contribution is 5.59. The van der Waals surface area contributed by atoms with Crippen LogP contribution < -0.4 is 0 Å². The molecular weight excluding hydrogens is 212 g/mol. The molecule has 1 aliphatic heterocycles. The second-order valence-electron chi connectivity index (χ2n) is 5.38. The van der Waals surface area contributed by atoms with Crippen LogP contribution in [0.15, 0.2) is 18.8 Å². The van der Waals surface area contributed by atoms with Crippen LogP contribution in [0.25, 0.3) is 5.70 Å². The number of hydrogen-bond acceptors (Lipinski definition) is 2. The lowest BCUT2D eigenvalue weighted by Gasteiger charge is -2.21. The van der Waals surface area contributed by atoms with E-state index in [0.717, 1.165) is 41.9 Å². The van der Waals surface area contributed by atoms with E-state index in [1.807, 2.05) is 12.3 Å². The van der Waals surface area contributed by atoms with Crippen molar-refractivity contribution in [3.8, 4) is 0 Å². The predicted molar refractivity (Wildman–Crippen MR) is 68.2 cm³/mol. The molecule has 2 N–H and O–H groups in total. The summed E-state index contributed by atoms with van der Waals surface area (Å²) in [5, 5.41) is 9.07. The highest BCUT2D eigenvalue weighted by atomic mass is 16.3. The molecule has 0 spiro atoms. The molecule has 3 nitrogen and oxygen atoms in total. The summed E-state index contributed by atoms with van der Waals surface area (Å²) in [6.45, 7) is 6.61. The van der Waals surface area contributed by atoms with E-state index in [1.165, 1.54) is 19.3 Å². The summed E-state index contributed by atoms with van der Waals surface area (Å²) in [7, 11) is 0. The van der Waals surface area contributed by atoms with Crippen molar-refractivity contribution in [3.05, 3.63) is 30.1 Å². The van der Waals surface area contributed by atoms with Gasteiger partial charge in [0.25, 0.3) is 0 Å². The Kier molecular flexibility index (Phi) is 2.71. The summed E-state index contributed by atoms with van der Waals surface area (Å²) in [6, 6.07) is 2.00. The Morgan fingerprint density at radius 3 is 2.71 bits per heavy atom. The van der Waals surface area contributed by atoms with Gasteiger partial charge in [0.1, 0.15) is 0 Å². The van der Waals surface area contributed by atoms with E-state index in [-0.39, 0.29) is 6.61 Å². The maximum absolute atomic E-state index is 9.07. The Balaban J connectivity index is 1.70. The van der Waals surface area contributed by atoms with Gasteiger partial charge in [0.2, 0.25) is 0 Å². The van der Waals surface area contributed by atoms with Crippen molar-refractivity contribution < 1.29 is 5.11 Å². The molecule has 2 heterocycles. The number of likely N-dealkylation sites (tertiary alicyclic amines) is 1. The van der Waals surface area contributed by atoms with Crippen LogP contribution >= 0.6 is 0 Å². The van der Waals surface area contributed by atoms with Crippen LogP contribution in [-0.4, -0.2) is 28.1 Å². The fraction of sp³-hybridized carbons (Fsp3) is 0.571. The number of rotatable bonds is 3. The van der Waals surface area contributed by atoms with Crippen LogP contribution in [0.1, 0.15) is 30.5 Å². The monoisotopic (exact) mass is 232 g/mol. The zero-order valence-corrected chi connectivity index (χ0v) is 10.2. The minimum atomic E-state index is 0.0923. The molecule has 2 fully saturated rings. The second kappa shape index (κ2) is 4.22. The minimum Gasteiger partial charge on any atom is -0.392 e. The molecule has 1 saturated carbocycles. The van der Waals surface area contributed by atoms with E-state index in [0.29, 0.717) is 0 Å². The molecule has 1 aliphatic carbocycles. The van der Waals surface area contributed by atoms with Crippen LogP contribution in [0.5, 0.6) is 0 Å². The molecule has 17 heavy (non-hydrogen) atoms. The Labute approximate surface area is 102 Å². The van der Waals surface area contributed by atoms with Crippen LogP contribution in [0.2, 0.25) is 0 Å². The average Bonchev–Trinajstić information content (AvgIpc) is 3.02. The van der Waals surface area contributed by atoms with Crippen molar-refractivity contribution >= 4 is 5.70 Å². The zero-order chi connectivity index (χ0) is 11.8. The summed E-state index contributed by atoms with van der Waals surface area (Å²) in [6.07, 6.45) is 6.05. The molecule has 1 aromatic heterocycles. The quantitative estimate of drug-likeness (QED) is 0.838. The van der Waals surface area contributed by atoms with Gasteiger partial charge in [-0.15, -0.1) is 0 Å². The molecule has 1 aromatic rings. The van der Waals surface area contributed by atoms with Crippen LogP contribution in [0.3, 0.4) is 0 Å². The molecule has 2 unspecified atom stereocenters. The summed E-state index contributed by atoms with van der Waals surface area (Å²) < 4.78 is 0. The number of aromatic nitrogens is 1. The van der Waals surface area contributed by atoms with Gasteiger partial charge >= 0.3 is 0 Å². The van der Waals surface area contributed by atoms with Crippen molar-refractivity contribution in [2.24, 2.45) is 11.8 Å². The lowest BCUT2D eigenvalue weighted by atomic mass is 10.0. The fourth-order valence-corrected chi connectivity index (χ4v) is 3.32. The molecule has 0 radical (unpaired) electrons. The Morgan fingerprint density at radius 1 is 1.41 bits per heavy atom. The van der Waals surface area contributed by atoms with E-state index in [9.17, 15) is 0 Å². The Hall–Kier alpha value is -1.22. The molecule has 92 valence electrons. The first kappa shape index (κ1) is 10.9. The van der Waals surface area contributed by atoms with Gasteiger partial charge in [0.15, 0.2) is 0 Å². The van der Waals surface area contributed by atoms with Crippen molar-refractivity contribution in [1.29, 1.82) is 0 Å². The molecule has 2 aliphatic rings. The van der Waals surface area contributed by atoms with Gasteiger partial charge in [-0.25, -0.2) is 0 Å². The summed E-state index contributed by atoms with van der Waals surface area (Å²) in [4.78, 5) is 5.60. The van der Waals surface area contributed by atoms with Gasteiger partial charge in [0, 0.05) is 19.3 Å². The highest BCUT2D eigenvalue weighted by Crippen LogP contribution is 2.40. The molecule has 0 bridgehead atoms. The van der Waals surface area contributed by atoms with Crippen LogP contribution in [0.4, 0.5) is 0 Å². The molecule has 0 aromatic carbocycles. The number of nitrogens with zero attached hydrogens (tertiary/aromatic N) is 1. The van der Waals surface area contributed by atoms with Gasteiger partial charge < -0.3 is 15.0 Å². The largest absolute Gasteiger partial charge is 0.392 e. The van der Waals surface area contributed by atoms with Gasteiger partial charge in [0.05, 0.1) is 18.0 Å². The number of nitrogens with one attached hydrogen (secondary N) is 1. The molecule has 3 heteroatoms. The van der Waals surface area contributed by atoms with E-state index < -0.39 is 0 Å². The van der Waals surface area contributed by atoms with Crippen molar-refractivity contribution in [3.63, 3.8) is 0 Å². The smallest absolute Gasteiger partial charge is 0.0696 e. The Bertz CT molecular complexity index is 412. The number of hydrogen-bond donors (Lipinski definition) is 2. The lowest BCUT2D eigenvalue weighted by Crippen LogP contribution is -2.19. The minimum absolute atomic E-state index is 0.0923. The first-order chi connectivity index (χ1) is 8.28. The summed E-state index contributed by atoms with van der Waals surface area (Å²) >= 11 is 0. The highest BCUT2D eigenvalue weighted by Gasteiger charge is 2.36. The third-order valence-electron chi connectivity index (χ3n) is 4.34. The Morgan fingerprint density at radius 2 is 2.12 bits per heavy atom. The van der Waals surface area contributed by atoms with E-state index in [1.54, 1.807) is 0 Å². The van der Waals surface area contributed by atoms with Gasteiger partial charge in [-0.2, -0.15) is 0 Å². The third-order valence-corrected chi connectivity index (χ3v) is 4.34. The van der Waals surface area contributed by atoms with Crippen molar-refractivity contribution in [2.45, 2.75) is 25.9 Å². The molecule has 3 rings (SSSR count). The third kappa shape index (κ3) is 1.89. The molecular formula is C14H20N2O.